The summed E-state index contributed by atoms with van der Waals surface area (Å²) in [5.41, 5.74) is 0.747. The smallest absolute Gasteiger partial charge is 0.282 e. The number of nitro groups is 1. The van der Waals surface area contributed by atoms with Gasteiger partial charge in [-0.2, -0.15) is 0 Å². The standard InChI is InChI=1S/C18H21ClN4O4/c1-21-6-2-3-16(21)17(22-7-9-27-10-8-22)12-20-18(24)14-11-13(19)4-5-15(14)23(25)26/h2-6,11,17H,7-10,12H2,1H3,(H,20,24). The van der Waals surface area contributed by atoms with Crippen molar-refractivity contribution in [3.63, 3.8) is 0 Å². The molecule has 2 aromatic rings. The fourth-order valence-electron chi connectivity index (χ4n) is 3.26. The fourth-order valence-corrected chi connectivity index (χ4v) is 3.44. The van der Waals surface area contributed by atoms with Crippen LogP contribution in [0.15, 0.2) is 36.5 Å². The molecule has 1 amide bonds. The maximum Gasteiger partial charge on any atom is 0.282 e. The third-order valence-electron chi connectivity index (χ3n) is 4.67. The predicted molar refractivity (Wildman–Crippen MR) is 101 cm³/mol. The third-order valence-corrected chi connectivity index (χ3v) is 4.90. The van der Waals surface area contributed by atoms with E-state index in [-0.39, 0.29) is 22.3 Å². The van der Waals surface area contributed by atoms with Gasteiger partial charge in [0.15, 0.2) is 0 Å². The number of ether oxygens (including phenoxy) is 1. The topological polar surface area (TPSA) is 89.6 Å². The Balaban J connectivity index is 1.79. The van der Waals surface area contributed by atoms with E-state index in [0.717, 1.165) is 18.8 Å². The number of nitro benzene ring substituents is 1. The monoisotopic (exact) mass is 392 g/mol. The minimum atomic E-state index is -0.581. The number of aromatic nitrogens is 1. The maximum absolute atomic E-state index is 12.6. The van der Waals surface area contributed by atoms with Crippen molar-refractivity contribution in [3.8, 4) is 0 Å². The normalized spacial score (nSPS) is 16.1. The number of hydrogen-bond donors (Lipinski definition) is 1. The Hall–Kier alpha value is -2.42. The van der Waals surface area contributed by atoms with Gasteiger partial charge in [0.1, 0.15) is 5.56 Å². The van der Waals surface area contributed by atoms with Crippen molar-refractivity contribution < 1.29 is 14.5 Å². The molecule has 27 heavy (non-hydrogen) atoms. The molecule has 1 fully saturated rings. The highest BCUT2D eigenvalue weighted by molar-refractivity contribution is 6.31. The first-order chi connectivity index (χ1) is 13.0. The zero-order valence-electron chi connectivity index (χ0n) is 14.9. The van der Waals surface area contributed by atoms with Crippen LogP contribution < -0.4 is 5.32 Å². The molecule has 1 saturated heterocycles. The van der Waals surface area contributed by atoms with Crippen LogP contribution in [0.25, 0.3) is 0 Å². The van der Waals surface area contributed by atoms with Crippen LogP contribution in [-0.4, -0.2) is 53.1 Å². The number of halogens is 1. The zero-order valence-corrected chi connectivity index (χ0v) is 15.7. The molecular weight excluding hydrogens is 372 g/mol. The molecule has 1 aromatic heterocycles. The Morgan fingerprint density at radius 3 is 2.74 bits per heavy atom. The molecule has 0 saturated carbocycles. The fraction of sp³-hybridized carbons (Fsp3) is 0.389. The largest absolute Gasteiger partial charge is 0.379 e. The molecule has 1 atom stereocenters. The van der Waals surface area contributed by atoms with Gasteiger partial charge >= 0.3 is 0 Å². The Morgan fingerprint density at radius 1 is 1.37 bits per heavy atom. The average molecular weight is 393 g/mol. The van der Waals surface area contributed by atoms with E-state index in [2.05, 4.69) is 10.2 Å². The molecule has 3 rings (SSSR count). The predicted octanol–water partition coefficient (Wildman–Crippen LogP) is 2.39. The molecule has 1 N–H and O–H groups in total. The number of carbonyl (C=O) groups excluding carboxylic acids is 1. The third kappa shape index (κ3) is 4.47. The minimum absolute atomic E-state index is 0.0416. The number of benzene rings is 1. The molecule has 8 nitrogen and oxygen atoms in total. The summed E-state index contributed by atoms with van der Waals surface area (Å²) < 4.78 is 7.43. The molecule has 1 aliphatic heterocycles. The number of rotatable bonds is 6. The molecule has 1 unspecified atom stereocenters. The molecular formula is C18H21ClN4O4. The lowest BCUT2D eigenvalue weighted by Gasteiger charge is -2.35. The molecule has 0 bridgehead atoms. The molecule has 1 aliphatic rings. The molecule has 0 aliphatic carbocycles. The van der Waals surface area contributed by atoms with Crippen LogP contribution in [0.4, 0.5) is 5.69 Å². The van der Waals surface area contributed by atoms with E-state index in [4.69, 9.17) is 16.3 Å². The second-order valence-corrected chi connectivity index (χ2v) is 6.77. The van der Waals surface area contributed by atoms with Gasteiger partial charge in [-0.3, -0.25) is 19.8 Å². The summed E-state index contributed by atoms with van der Waals surface area (Å²) in [6, 6.07) is 7.86. The quantitative estimate of drug-likeness (QED) is 0.602. The number of amides is 1. The van der Waals surface area contributed by atoms with Crippen molar-refractivity contribution >= 4 is 23.2 Å². The Kier molecular flexibility index (Phi) is 6.10. The number of nitrogens with zero attached hydrogens (tertiary/aromatic N) is 3. The van der Waals surface area contributed by atoms with Crippen molar-refractivity contribution in [3.05, 3.63) is 62.9 Å². The SMILES string of the molecule is Cn1cccc1C(CNC(=O)c1cc(Cl)ccc1[N+](=O)[O-])N1CCOCC1. The van der Waals surface area contributed by atoms with Crippen molar-refractivity contribution in [1.29, 1.82) is 0 Å². The summed E-state index contributed by atoms with van der Waals surface area (Å²) in [6.45, 7) is 3.09. The molecule has 2 heterocycles. The first-order valence-corrected chi connectivity index (χ1v) is 9.00. The van der Waals surface area contributed by atoms with Crippen molar-refractivity contribution in [2.75, 3.05) is 32.8 Å². The average Bonchev–Trinajstić information content (AvgIpc) is 3.08. The highest BCUT2D eigenvalue weighted by Gasteiger charge is 2.26. The van der Waals surface area contributed by atoms with Gasteiger partial charge in [-0.05, 0) is 24.3 Å². The molecule has 0 spiro atoms. The summed E-state index contributed by atoms with van der Waals surface area (Å²) in [6.07, 6.45) is 1.95. The van der Waals surface area contributed by atoms with Crippen LogP contribution in [0, 0.1) is 10.1 Å². The zero-order chi connectivity index (χ0) is 19.4. The minimum Gasteiger partial charge on any atom is -0.379 e. The van der Waals surface area contributed by atoms with Crippen LogP contribution in [-0.2, 0) is 11.8 Å². The second-order valence-electron chi connectivity index (χ2n) is 6.34. The summed E-state index contributed by atoms with van der Waals surface area (Å²) >= 11 is 5.92. The van der Waals surface area contributed by atoms with Crippen LogP contribution >= 0.6 is 11.6 Å². The van der Waals surface area contributed by atoms with E-state index in [1.165, 1.54) is 18.2 Å². The highest BCUT2D eigenvalue weighted by Crippen LogP contribution is 2.24. The number of nitrogens with one attached hydrogen (secondary N) is 1. The van der Waals surface area contributed by atoms with E-state index in [1.807, 2.05) is 29.9 Å². The van der Waals surface area contributed by atoms with Gasteiger partial charge in [0, 0.05) is 49.7 Å². The van der Waals surface area contributed by atoms with Gasteiger partial charge in [-0.15, -0.1) is 0 Å². The lowest BCUT2D eigenvalue weighted by molar-refractivity contribution is -0.385. The van der Waals surface area contributed by atoms with E-state index < -0.39 is 10.8 Å². The Bertz CT molecular complexity index is 833. The lowest BCUT2D eigenvalue weighted by Crippen LogP contribution is -2.44. The number of hydrogen-bond acceptors (Lipinski definition) is 5. The van der Waals surface area contributed by atoms with Crippen LogP contribution in [0.1, 0.15) is 22.1 Å². The molecule has 0 radical (unpaired) electrons. The Labute approximate surface area is 161 Å². The Morgan fingerprint density at radius 2 is 2.11 bits per heavy atom. The maximum atomic E-state index is 12.6. The summed E-state index contributed by atoms with van der Waals surface area (Å²) in [5, 5.41) is 14.3. The van der Waals surface area contributed by atoms with E-state index in [9.17, 15) is 14.9 Å². The van der Waals surface area contributed by atoms with E-state index >= 15 is 0 Å². The van der Waals surface area contributed by atoms with Gasteiger partial charge in [0.25, 0.3) is 11.6 Å². The molecule has 1 aromatic carbocycles. The number of aryl methyl sites for hydroxylation is 1. The van der Waals surface area contributed by atoms with Gasteiger partial charge in [-0.25, -0.2) is 0 Å². The van der Waals surface area contributed by atoms with Crippen LogP contribution in [0.3, 0.4) is 0 Å². The van der Waals surface area contributed by atoms with E-state index in [0.29, 0.717) is 19.8 Å². The van der Waals surface area contributed by atoms with Crippen LogP contribution in [0.5, 0.6) is 0 Å². The van der Waals surface area contributed by atoms with E-state index in [1.54, 1.807) is 0 Å². The first-order valence-electron chi connectivity index (χ1n) is 8.62. The summed E-state index contributed by atoms with van der Waals surface area (Å²) in [4.78, 5) is 25.5. The first kappa shape index (κ1) is 19.3. The van der Waals surface area contributed by atoms with Gasteiger partial charge < -0.3 is 14.6 Å². The lowest BCUT2D eigenvalue weighted by atomic mass is 10.1. The highest BCUT2D eigenvalue weighted by atomic mass is 35.5. The second kappa shape index (κ2) is 8.51. The number of carbonyl (C=O) groups is 1. The van der Waals surface area contributed by atoms with Gasteiger partial charge in [0.05, 0.1) is 24.2 Å². The summed E-state index contributed by atoms with van der Waals surface area (Å²) in [5.74, 6) is -0.517. The molecule has 144 valence electrons. The van der Waals surface area contributed by atoms with Crippen molar-refractivity contribution in [2.24, 2.45) is 7.05 Å². The molecule has 9 heteroatoms. The summed E-state index contributed by atoms with van der Waals surface area (Å²) in [7, 11) is 1.95. The van der Waals surface area contributed by atoms with Gasteiger partial charge in [-0.1, -0.05) is 11.6 Å². The number of morpholine rings is 1. The van der Waals surface area contributed by atoms with Crippen molar-refractivity contribution in [2.45, 2.75) is 6.04 Å². The van der Waals surface area contributed by atoms with Crippen molar-refractivity contribution in [1.82, 2.24) is 14.8 Å². The van der Waals surface area contributed by atoms with Gasteiger partial charge in [0.2, 0.25) is 0 Å². The van der Waals surface area contributed by atoms with Crippen LogP contribution in [0.2, 0.25) is 5.02 Å².